The van der Waals surface area contributed by atoms with Crippen molar-refractivity contribution < 1.29 is 22.8 Å². The van der Waals surface area contributed by atoms with Gasteiger partial charge in [0, 0.05) is 49.4 Å². The third-order valence-corrected chi connectivity index (χ3v) is 7.04. The minimum absolute atomic E-state index is 0.0404. The lowest BCUT2D eigenvalue weighted by molar-refractivity contribution is -0.119. The highest BCUT2D eigenvalue weighted by Gasteiger charge is 2.36. The molecule has 3 N–H and O–H groups in total. The van der Waals surface area contributed by atoms with E-state index in [2.05, 4.69) is 15.4 Å². The van der Waals surface area contributed by atoms with Crippen LogP contribution in [-0.2, 0) is 30.8 Å². The van der Waals surface area contributed by atoms with Crippen LogP contribution in [0.1, 0.15) is 31.7 Å². The van der Waals surface area contributed by atoms with Crippen LogP contribution in [0.25, 0.3) is 0 Å². The Morgan fingerprint density at radius 1 is 1.00 bits per heavy atom. The molecule has 174 valence electrons. The fraction of sp³-hybridized carbons (Fsp3) is 0.348. The van der Waals surface area contributed by atoms with Crippen molar-refractivity contribution in [2.75, 3.05) is 28.6 Å². The number of sulfonamides is 1. The van der Waals surface area contributed by atoms with E-state index in [0.717, 1.165) is 24.1 Å². The van der Waals surface area contributed by atoms with E-state index in [1.807, 2.05) is 0 Å². The number of amides is 3. The summed E-state index contributed by atoms with van der Waals surface area (Å²) in [6, 6.07) is 11.4. The second-order valence-corrected chi connectivity index (χ2v) is 10.0. The van der Waals surface area contributed by atoms with Gasteiger partial charge >= 0.3 is 0 Å². The van der Waals surface area contributed by atoms with E-state index < -0.39 is 10.0 Å². The van der Waals surface area contributed by atoms with E-state index in [1.54, 1.807) is 41.3 Å². The monoisotopic (exact) mass is 470 g/mol. The molecule has 2 aliphatic rings. The smallest absolute Gasteiger partial charge is 0.240 e. The number of fused-ring (bicyclic) bond motifs is 1. The quantitative estimate of drug-likeness (QED) is 0.546. The number of benzene rings is 2. The van der Waals surface area contributed by atoms with E-state index in [4.69, 9.17) is 0 Å². The minimum atomic E-state index is -3.78. The van der Waals surface area contributed by atoms with Crippen molar-refractivity contribution in [3.8, 4) is 0 Å². The van der Waals surface area contributed by atoms with E-state index in [9.17, 15) is 22.8 Å². The lowest BCUT2D eigenvalue weighted by Gasteiger charge is -2.17. The predicted octanol–water partition coefficient (Wildman–Crippen LogP) is 2.25. The zero-order chi connectivity index (χ0) is 23.6. The van der Waals surface area contributed by atoms with E-state index in [-0.39, 0.29) is 41.5 Å². The molecule has 0 radical (unpaired) electrons. The Balaban J connectivity index is 1.30. The molecule has 0 saturated heterocycles. The molecular formula is C23H26N4O5S. The van der Waals surface area contributed by atoms with Crippen LogP contribution in [0.5, 0.6) is 0 Å². The Bertz CT molecular complexity index is 1190. The first-order valence-corrected chi connectivity index (χ1v) is 12.3. The van der Waals surface area contributed by atoms with Gasteiger partial charge in [0.15, 0.2) is 0 Å². The maximum Gasteiger partial charge on any atom is 0.240 e. The van der Waals surface area contributed by atoms with Gasteiger partial charge in [-0.3, -0.25) is 14.4 Å². The second kappa shape index (κ2) is 9.32. The summed E-state index contributed by atoms with van der Waals surface area (Å²) in [4.78, 5) is 37.5. The standard InChI is InChI=1S/C23H26N4O5S/c1-15(28)25-18-4-6-19(7-5-18)26-22(29)10-12-24-33(31,32)20-8-9-21-17(14-20)11-13-27(21)23(30)16-2-3-16/h4-9,14,16,24H,2-3,10-13H2,1H3,(H,25,28)(H,26,29). The summed E-state index contributed by atoms with van der Waals surface area (Å²) in [5.74, 6) is -0.291. The largest absolute Gasteiger partial charge is 0.326 e. The van der Waals surface area contributed by atoms with E-state index in [1.165, 1.54) is 13.0 Å². The number of carbonyl (C=O) groups is 3. The molecule has 1 aliphatic heterocycles. The predicted molar refractivity (Wildman–Crippen MR) is 124 cm³/mol. The molecule has 0 aromatic heterocycles. The highest BCUT2D eigenvalue weighted by atomic mass is 32.2. The fourth-order valence-corrected chi connectivity index (χ4v) is 4.85. The molecule has 9 nitrogen and oxygen atoms in total. The maximum absolute atomic E-state index is 12.7. The number of hydrogen-bond acceptors (Lipinski definition) is 5. The van der Waals surface area contributed by atoms with E-state index >= 15 is 0 Å². The summed E-state index contributed by atoms with van der Waals surface area (Å²) in [5.41, 5.74) is 2.78. The van der Waals surface area contributed by atoms with Gasteiger partial charge < -0.3 is 15.5 Å². The molecule has 0 unspecified atom stereocenters. The van der Waals surface area contributed by atoms with Crippen LogP contribution < -0.4 is 20.3 Å². The maximum atomic E-state index is 12.7. The number of carbonyl (C=O) groups excluding carboxylic acids is 3. The number of nitrogens with one attached hydrogen (secondary N) is 3. The molecule has 0 atom stereocenters. The number of rotatable bonds is 8. The third-order valence-electron chi connectivity index (χ3n) is 5.58. The van der Waals surface area contributed by atoms with Crippen LogP contribution in [0.4, 0.5) is 17.1 Å². The molecule has 0 spiro atoms. The van der Waals surface area contributed by atoms with E-state index in [0.29, 0.717) is 24.3 Å². The number of hydrogen-bond donors (Lipinski definition) is 3. The van der Waals surface area contributed by atoms with Crippen LogP contribution in [0.3, 0.4) is 0 Å². The van der Waals surface area contributed by atoms with Crippen LogP contribution in [0.15, 0.2) is 47.4 Å². The molecule has 0 bridgehead atoms. The van der Waals surface area contributed by atoms with Gasteiger partial charge in [0.2, 0.25) is 27.7 Å². The molecule has 1 fully saturated rings. The number of nitrogens with zero attached hydrogens (tertiary/aromatic N) is 1. The number of anilines is 3. The summed E-state index contributed by atoms with van der Waals surface area (Å²) in [6.45, 7) is 1.93. The molecular weight excluding hydrogens is 444 g/mol. The van der Waals surface area contributed by atoms with Gasteiger partial charge in [-0.1, -0.05) is 0 Å². The molecule has 3 amide bonds. The van der Waals surface area contributed by atoms with Gasteiger partial charge in [-0.15, -0.1) is 0 Å². The van der Waals surface area contributed by atoms with Crippen LogP contribution >= 0.6 is 0 Å². The first-order valence-electron chi connectivity index (χ1n) is 10.8. The highest BCUT2D eigenvalue weighted by Crippen LogP contribution is 2.37. The normalized spacial score (nSPS) is 15.1. The topological polar surface area (TPSA) is 125 Å². The van der Waals surface area contributed by atoms with Crippen molar-refractivity contribution in [3.05, 3.63) is 48.0 Å². The molecule has 2 aromatic rings. The second-order valence-electron chi connectivity index (χ2n) is 8.26. The Morgan fingerprint density at radius 3 is 2.30 bits per heavy atom. The lowest BCUT2D eigenvalue weighted by atomic mass is 10.2. The van der Waals surface area contributed by atoms with Gasteiger partial charge in [0.05, 0.1) is 4.90 Å². The van der Waals surface area contributed by atoms with Gasteiger partial charge in [-0.2, -0.15) is 0 Å². The first-order chi connectivity index (χ1) is 15.7. The minimum Gasteiger partial charge on any atom is -0.326 e. The molecule has 33 heavy (non-hydrogen) atoms. The molecule has 1 aliphatic carbocycles. The Morgan fingerprint density at radius 2 is 1.67 bits per heavy atom. The zero-order valence-corrected chi connectivity index (χ0v) is 19.1. The zero-order valence-electron chi connectivity index (χ0n) is 18.3. The van der Waals surface area contributed by atoms with Crippen molar-refractivity contribution in [1.82, 2.24) is 4.72 Å². The third kappa shape index (κ3) is 5.58. The van der Waals surface area contributed by atoms with Crippen LogP contribution in [0, 0.1) is 5.92 Å². The van der Waals surface area contributed by atoms with Gasteiger partial charge in [-0.25, -0.2) is 13.1 Å². The summed E-state index contributed by atoms with van der Waals surface area (Å²) < 4.78 is 27.8. The fourth-order valence-electron chi connectivity index (χ4n) is 3.77. The first kappa shape index (κ1) is 22.9. The molecule has 2 aromatic carbocycles. The molecule has 4 rings (SSSR count). The van der Waals surface area contributed by atoms with Crippen molar-refractivity contribution in [2.45, 2.75) is 37.5 Å². The van der Waals surface area contributed by atoms with Crippen molar-refractivity contribution >= 4 is 44.8 Å². The Hall–Kier alpha value is -3.24. The van der Waals surface area contributed by atoms with Gasteiger partial charge in [-0.05, 0) is 67.3 Å². The van der Waals surface area contributed by atoms with Crippen molar-refractivity contribution in [2.24, 2.45) is 5.92 Å². The summed E-state index contributed by atoms with van der Waals surface area (Å²) in [5, 5.41) is 5.32. The van der Waals surface area contributed by atoms with Crippen molar-refractivity contribution in [3.63, 3.8) is 0 Å². The lowest BCUT2D eigenvalue weighted by Crippen LogP contribution is -2.30. The van der Waals surface area contributed by atoms with Gasteiger partial charge in [0.25, 0.3) is 0 Å². The van der Waals surface area contributed by atoms with Gasteiger partial charge in [0.1, 0.15) is 0 Å². The van der Waals surface area contributed by atoms with Crippen molar-refractivity contribution in [1.29, 1.82) is 0 Å². The molecule has 10 heteroatoms. The summed E-state index contributed by atoms with van der Waals surface area (Å²) in [6.07, 6.45) is 2.44. The van der Waals surface area contributed by atoms with Crippen LogP contribution in [0.2, 0.25) is 0 Å². The molecule has 1 saturated carbocycles. The summed E-state index contributed by atoms with van der Waals surface area (Å²) >= 11 is 0. The summed E-state index contributed by atoms with van der Waals surface area (Å²) in [7, 11) is -3.78. The Kier molecular flexibility index (Phi) is 6.48. The Labute approximate surface area is 192 Å². The average Bonchev–Trinajstić information content (AvgIpc) is 3.53. The molecule has 1 heterocycles. The highest BCUT2D eigenvalue weighted by molar-refractivity contribution is 7.89. The van der Waals surface area contributed by atoms with Crippen LogP contribution in [-0.4, -0.2) is 39.2 Å². The average molecular weight is 471 g/mol. The SMILES string of the molecule is CC(=O)Nc1ccc(NC(=O)CCNS(=O)(=O)c2ccc3c(c2)CCN3C(=O)C2CC2)cc1.